The van der Waals surface area contributed by atoms with Crippen LogP contribution in [0.2, 0.25) is 0 Å². The largest absolute Gasteiger partial charge is 0.392 e. The lowest BCUT2D eigenvalue weighted by atomic mass is 9.94. The van der Waals surface area contributed by atoms with Crippen molar-refractivity contribution in [1.29, 1.82) is 0 Å². The summed E-state index contributed by atoms with van der Waals surface area (Å²) in [5.41, 5.74) is 4.53. The summed E-state index contributed by atoms with van der Waals surface area (Å²) < 4.78 is 0. The Morgan fingerprint density at radius 3 is 2.69 bits per heavy atom. The van der Waals surface area contributed by atoms with Crippen LogP contribution < -0.4 is 0 Å². The summed E-state index contributed by atoms with van der Waals surface area (Å²) >= 11 is 0. The third-order valence-electron chi connectivity index (χ3n) is 5.23. The van der Waals surface area contributed by atoms with Crippen LogP contribution >= 0.6 is 0 Å². The SMILES string of the molecule is OCc1cc(-c2cccc(CN3CCCC(O)C3)c2)c2ccccc2c1. The van der Waals surface area contributed by atoms with Gasteiger partial charge in [-0.1, -0.05) is 42.5 Å². The number of aliphatic hydroxyl groups excluding tert-OH is 2. The van der Waals surface area contributed by atoms with Crippen molar-refractivity contribution in [2.45, 2.75) is 32.1 Å². The van der Waals surface area contributed by atoms with Gasteiger partial charge in [-0.2, -0.15) is 0 Å². The average molecular weight is 347 g/mol. The predicted molar refractivity (Wildman–Crippen MR) is 106 cm³/mol. The highest BCUT2D eigenvalue weighted by molar-refractivity contribution is 5.97. The van der Waals surface area contributed by atoms with Gasteiger partial charge in [-0.3, -0.25) is 4.90 Å². The Balaban J connectivity index is 1.69. The van der Waals surface area contributed by atoms with Gasteiger partial charge in [0, 0.05) is 13.1 Å². The van der Waals surface area contributed by atoms with E-state index in [9.17, 15) is 10.2 Å². The van der Waals surface area contributed by atoms with Crippen molar-refractivity contribution in [3.63, 3.8) is 0 Å². The summed E-state index contributed by atoms with van der Waals surface area (Å²) in [5.74, 6) is 0. The second kappa shape index (κ2) is 7.58. The molecule has 1 aliphatic heterocycles. The lowest BCUT2D eigenvalue weighted by Gasteiger charge is -2.30. The number of fused-ring (bicyclic) bond motifs is 1. The van der Waals surface area contributed by atoms with Gasteiger partial charge in [-0.25, -0.2) is 0 Å². The summed E-state index contributed by atoms with van der Waals surface area (Å²) in [5, 5.41) is 21.9. The highest BCUT2D eigenvalue weighted by Crippen LogP contribution is 2.31. The van der Waals surface area contributed by atoms with Crippen LogP contribution in [-0.4, -0.2) is 34.3 Å². The molecule has 0 bridgehead atoms. The molecule has 1 fully saturated rings. The van der Waals surface area contributed by atoms with E-state index in [1.807, 2.05) is 6.07 Å². The van der Waals surface area contributed by atoms with Gasteiger partial charge in [-0.05, 0) is 70.6 Å². The second-order valence-electron chi connectivity index (χ2n) is 7.25. The van der Waals surface area contributed by atoms with E-state index >= 15 is 0 Å². The third-order valence-corrected chi connectivity index (χ3v) is 5.23. The summed E-state index contributed by atoms with van der Waals surface area (Å²) in [6.07, 6.45) is 1.78. The minimum absolute atomic E-state index is 0.0448. The number of nitrogens with zero attached hydrogens (tertiary/aromatic N) is 1. The summed E-state index contributed by atoms with van der Waals surface area (Å²) in [6.45, 7) is 2.71. The highest BCUT2D eigenvalue weighted by Gasteiger charge is 2.17. The molecule has 26 heavy (non-hydrogen) atoms. The van der Waals surface area contributed by atoms with Crippen LogP contribution in [0.5, 0.6) is 0 Å². The van der Waals surface area contributed by atoms with Crippen molar-refractivity contribution in [3.05, 3.63) is 71.8 Å². The fourth-order valence-corrected chi connectivity index (χ4v) is 3.97. The van der Waals surface area contributed by atoms with Crippen molar-refractivity contribution in [1.82, 2.24) is 4.90 Å². The zero-order valence-corrected chi connectivity index (χ0v) is 14.9. The van der Waals surface area contributed by atoms with E-state index in [0.717, 1.165) is 49.0 Å². The maximum absolute atomic E-state index is 9.90. The van der Waals surface area contributed by atoms with Gasteiger partial charge in [0.15, 0.2) is 0 Å². The molecule has 3 aromatic rings. The van der Waals surface area contributed by atoms with Crippen molar-refractivity contribution in [2.75, 3.05) is 13.1 Å². The zero-order chi connectivity index (χ0) is 17.9. The molecule has 0 radical (unpaired) electrons. The first-order valence-corrected chi connectivity index (χ1v) is 9.35. The molecule has 3 heteroatoms. The Hall–Kier alpha value is -2.20. The van der Waals surface area contributed by atoms with E-state index in [4.69, 9.17) is 0 Å². The first kappa shape index (κ1) is 17.2. The van der Waals surface area contributed by atoms with E-state index in [1.54, 1.807) is 0 Å². The van der Waals surface area contributed by atoms with Gasteiger partial charge >= 0.3 is 0 Å². The summed E-state index contributed by atoms with van der Waals surface area (Å²) in [6, 6.07) is 21.1. The lowest BCUT2D eigenvalue weighted by molar-refractivity contribution is 0.0668. The molecule has 0 aliphatic carbocycles. The molecule has 2 N–H and O–H groups in total. The van der Waals surface area contributed by atoms with Crippen molar-refractivity contribution in [3.8, 4) is 11.1 Å². The molecule has 0 spiro atoms. The number of aliphatic hydroxyl groups is 2. The van der Waals surface area contributed by atoms with Crippen molar-refractivity contribution < 1.29 is 10.2 Å². The number of piperidine rings is 1. The van der Waals surface area contributed by atoms with Crippen LogP contribution in [0.1, 0.15) is 24.0 Å². The quantitative estimate of drug-likeness (QED) is 0.751. The minimum atomic E-state index is -0.197. The fraction of sp³-hybridized carbons (Fsp3) is 0.304. The minimum Gasteiger partial charge on any atom is -0.392 e. The summed E-state index contributed by atoms with van der Waals surface area (Å²) in [4.78, 5) is 2.33. The molecular weight excluding hydrogens is 322 g/mol. The second-order valence-corrected chi connectivity index (χ2v) is 7.25. The van der Waals surface area contributed by atoms with Crippen LogP contribution in [0.25, 0.3) is 21.9 Å². The van der Waals surface area contributed by atoms with Crippen LogP contribution in [0, 0.1) is 0 Å². The number of hydrogen-bond donors (Lipinski definition) is 2. The molecule has 1 atom stereocenters. The molecule has 1 saturated heterocycles. The molecular formula is C23H25NO2. The Bertz CT molecular complexity index is 906. The first-order valence-electron chi connectivity index (χ1n) is 9.35. The number of benzene rings is 3. The monoisotopic (exact) mass is 347 g/mol. The fourth-order valence-electron chi connectivity index (χ4n) is 3.97. The van der Waals surface area contributed by atoms with Gasteiger partial charge in [0.2, 0.25) is 0 Å². The normalized spacial score (nSPS) is 18.3. The van der Waals surface area contributed by atoms with Crippen LogP contribution in [0.4, 0.5) is 0 Å². The molecule has 0 amide bonds. The van der Waals surface area contributed by atoms with Gasteiger partial charge < -0.3 is 10.2 Å². The molecule has 0 saturated carbocycles. The summed E-state index contributed by atoms with van der Waals surface area (Å²) in [7, 11) is 0. The van der Waals surface area contributed by atoms with Gasteiger partial charge in [0.1, 0.15) is 0 Å². The standard InChI is InChI=1S/C23H25NO2/c25-16-18-12-19-6-1-2-9-22(19)23(13-18)20-7-3-5-17(11-20)14-24-10-4-8-21(26)15-24/h1-3,5-7,9,11-13,21,25-26H,4,8,10,14-16H2. The molecule has 0 aromatic heterocycles. The Kier molecular flexibility index (Phi) is 5.02. The Morgan fingerprint density at radius 2 is 1.85 bits per heavy atom. The molecule has 3 aromatic carbocycles. The molecule has 4 rings (SSSR count). The first-order chi connectivity index (χ1) is 12.7. The number of likely N-dealkylation sites (tertiary alicyclic amines) is 1. The highest BCUT2D eigenvalue weighted by atomic mass is 16.3. The van der Waals surface area contributed by atoms with E-state index in [-0.39, 0.29) is 12.7 Å². The smallest absolute Gasteiger partial charge is 0.0682 e. The van der Waals surface area contributed by atoms with Crippen LogP contribution in [0.15, 0.2) is 60.7 Å². The van der Waals surface area contributed by atoms with Crippen LogP contribution in [-0.2, 0) is 13.2 Å². The number of rotatable bonds is 4. The Morgan fingerprint density at radius 1 is 0.962 bits per heavy atom. The maximum Gasteiger partial charge on any atom is 0.0682 e. The third kappa shape index (κ3) is 3.65. The molecule has 134 valence electrons. The van der Waals surface area contributed by atoms with Gasteiger partial charge in [0.25, 0.3) is 0 Å². The van der Waals surface area contributed by atoms with E-state index < -0.39 is 0 Å². The Labute approximate surface area is 154 Å². The lowest BCUT2D eigenvalue weighted by Crippen LogP contribution is -2.37. The average Bonchev–Trinajstić information content (AvgIpc) is 2.67. The molecule has 1 unspecified atom stereocenters. The van der Waals surface area contributed by atoms with E-state index in [1.165, 1.54) is 16.5 Å². The van der Waals surface area contributed by atoms with Crippen molar-refractivity contribution in [2.24, 2.45) is 0 Å². The van der Waals surface area contributed by atoms with E-state index in [2.05, 4.69) is 59.5 Å². The molecule has 3 nitrogen and oxygen atoms in total. The zero-order valence-electron chi connectivity index (χ0n) is 14.9. The van der Waals surface area contributed by atoms with Gasteiger partial charge in [-0.15, -0.1) is 0 Å². The number of β-amino-alcohol motifs (C(OH)–C–C–N with tert-alkyl or cyclic N) is 1. The van der Waals surface area contributed by atoms with Crippen LogP contribution in [0.3, 0.4) is 0 Å². The van der Waals surface area contributed by atoms with Crippen molar-refractivity contribution >= 4 is 10.8 Å². The molecule has 1 heterocycles. The number of hydrogen-bond acceptors (Lipinski definition) is 3. The maximum atomic E-state index is 9.90. The topological polar surface area (TPSA) is 43.7 Å². The van der Waals surface area contributed by atoms with E-state index in [0.29, 0.717) is 0 Å². The predicted octanol–water partition coefficient (Wildman–Crippen LogP) is 3.96. The van der Waals surface area contributed by atoms with Gasteiger partial charge in [0.05, 0.1) is 12.7 Å². The molecule has 1 aliphatic rings.